The number of ketones is 1. The number of benzene rings is 2. The van der Waals surface area contributed by atoms with Gasteiger partial charge in [-0.15, -0.1) is 0 Å². The van der Waals surface area contributed by atoms with Crippen LogP contribution in [0.15, 0.2) is 36.4 Å². The minimum atomic E-state index is -0.0495. The molecule has 2 rings (SSSR count). The summed E-state index contributed by atoms with van der Waals surface area (Å²) in [5.74, 6) is 1.16. The lowest BCUT2D eigenvalue weighted by Crippen LogP contribution is -2.15. The van der Waals surface area contributed by atoms with Crippen molar-refractivity contribution in [3.63, 3.8) is 0 Å². The molecule has 0 bridgehead atoms. The molecule has 19 heavy (non-hydrogen) atoms. The molecule has 0 saturated carbocycles. The Morgan fingerprint density at radius 2 is 1.63 bits per heavy atom. The molecule has 0 unspecified atom stereocenters. The highest BCUT2D eigenvalue weighted by molar-refractivity contribution is 5.90. The summed E-state index contributed by atoms with van der Waals surface area (Å²) in [7, 11) is 1.67. The molecule has 0 fully saturated rings. The van der Waals surface area contributed by atoms with Crippen LogP contribution in [0.4, 0.5) is 0 Å². The largest absolute Gasteiger partial charge is 0.497 e. The van der Waals surface area contributed by atoms with Gasteiger partial charge in [0.2, 0.25) is 0 Å². The lowest BCUT2D eigenvalue weighted by atomic mass is 9.89. The molecule has 0 amide bonds. The van der Waals surface area contributed by atoms with Crippen LogP contribution in [-0.2, 0) is 4.79 Å². The quantitative estimate of drug-likeness (QED) is 0.820. The van der Waals surface area contributed by atoms with E-state index in [1.165, 1.54) is 0 Å². The van der Waals surface area contributed by atoms with Gasteiger partial charge in [-0.1, -0.05) is 45.0 Å². The lowest BCUT2D eigenvalue weighted by molar-refractivity contribution is -0.123. The average Bonchev–Trinajstić information content (AvgIpc) is 2.44. The van der Waals surface area contributed by atoms with Crippen molar-refractivity contribution in [1.82, 2.24) is 0 Å². The summed E-state index contributed by atoms with van der Waals surface area (Å²) >= 11 is 0. The topological polar surface area (TPSA) is 26.3 Å². The Labute approximate surface area is 114 Å². The minimum absolute atomic E-state index is 0.0495. The van der Waals surface area contributed by atoms with Gasteiger partial charge in [-0.3, -0.25) is 4.79 Å². The van der Waals surface area contributed by atoms with E-state index in [1.54, 1.807) is 7.11 Å². The fraction of sp³-hybridized carbons (Fsp3) is 0.353. The van der Waals surface area contributed by atoms with E-state index in [9.17, 15) is 4.79 Å². The monoisotopic (exact) mass is 256 g/mol. The molecule has 0 aliphatic heterocycles. The van der Waals surface area contributed by atoms with Gasteiger partial charge in [0.15, 0.2) is 0 Å². The van der Waals surface area contributed by atoms with E-state index >= 15 is 0 Å². The number of methoxy groups -OCH3 is 1. The number of Topliss-reactive ketones (excluding diaryl/α,β-unsaturated/α-hetero) is 1. The van der Waals surface area contributed by atoms with Crippen LogP contribution >= 0.6 is 0 Å². The number of ether oxygens (including phenoxy) is 1. The summed E-state index contributed by atoms with van der Waals surface area (Å²) < 4.78 is 5.22. The number of fused-ring (bicyclic) bond motifs is 1. The van der Waals surface area contributed by atoms with Gasteiger partial charge in [0, 0.05) is 11.8 Å². The van der Waals surface area contributed by atoms with Gasteiger partial charge in [0.1, 0.15) is 11.5 Å². The third-order valence-corrected chi connectivity index (χ3v) is 3.57. The summed E-state index contributed by atoms with van der Waals surface area (Å²) in [4.78, 5) is 12.1. The van der Waals surface area contributed by atoms with Crippen LogP contribution in [0.1, 0.15) is 32.3 Å². The fourth-order valence-electron chi connectivity index (χ4n) is 2.30. The zero-order valence-corrected chi connectivity index (χ0v) is 11.9. The van der Waals surface area contributed by atoms with Gasteiger partial charge in [-0.2, -0.15) is 0 Å². The number of hydrogen-bond acceptors (Lipinski definition) is 2. The third kappa shape index (κ3) is 2.78. The number of carbonyl (C=O) groups is 1. The first-order valence-corrected chi connectivity index (χ1v) is 6.64. The van der Waals surface area contributed by atoms with Gasteiger partial charge in [0.05, 0.1) is 7.11 Å². The van der Waals surface area contributed by atoms with Crippen LogP contribution < -0.4 is 4.74 Å². The number of hydrogen-bond donors (Lipinski definition) is 0. The SMILES string of the molecule is COc1ccc2cc([C@@H](C)C(=O)C(C)C)ccc2c1. The smallest absolute Gasteiger partial charge is 0.142 e. The van der Waals surface area contributed by atoms with Crippen molar-refractivity contribution in [2.45, 2.75) is 26.7 Å². The van der Waals surface area contributed by atoms with Crippen molar-refractivity contribution >= 4 is 16.6 Å². The second-order valence-corrected chi connectivity index (χ2v) is 5.25. The summed E-state index contributed by atoms with van der Waals surface area (Å²) in [5.41, 5.74) is 1.08. The van der Waals surface area contributed by atoms with Gasteiger partial charge in [0.25, 0.3) is 0 Å². The second-order valence-electron chi connectivity index (χ2n) is 5.25. The molecule has 2 heteroatoms. The zero-order chi connectivity index (χ0) is 14.0. The molecule has 0 aliphatic rings. The van der Waals surface area contributed by atoms with E-state index in [0.717, 1.165) is 22.1 Å². The van der Waals surface area contributed by atoms with Crippen LogP contribution in [0.2, 0.25) is 0 Å². The second kappa shape index (κ2) is 5.43. The van der Waals surface area contributed by atoms with Crippen LogP contribution in [0.5, 0.6) is 5.75 Å². The van der Waals surface area contributed by atoms with Crippen LogP contribution in [0, 0.1) is 5.92 Å². The Bertz CT molecular complexity index is 599. The van der Waals surface area contributed by atoms with E-state index in [2.05, 4.69) is 12.1 Å². The molecule has 2 nitrogen and oxygen atoms in total. The van der Waals surface area contributed by atoms with Crippen LogP contribution in [-0.4, -0.2) is 12.9 Å². The van der Waals surface area contributed by atoms with Crippen molar-refractivity contribution < 1.29 is 9.53 Å². The Kier molecular flexibility index (Phi) is 3.89. The summed E-state index contributed by atoms with van der Waals surface area (Å²) in [6, 6.07) is 12.2. The molecule has 2 aromatic carbocycles. The number of rotatable bonds is 4. The maximum absolute atomic E-state index is 12.1. The normalized spacial score (nSPS) is 12.7. The highest BCUT2D eigenvalue weighted by atomic mass is 16.5. The van der Waals surface area contributed by atoms with Gasteiger partial charge in [-0.05, 0) is 28.5 Å². The Morgan fingerprint density at radius 3 is 2.26 bits per heavy atom. The average molecular weight is 256 g/mol. The molecular formula is C17H20O2. The first kappa shape index (κ1) is 13.6. The third-order valence-electron chi connectivity index (χ3n) is 3.57. The van der Waals surface area contributed by atoms with Gasteiger partial charge >= 0.3 is 0 Å². The van der Waals surface area contributed by atoms with Gasteiger partial charge < -0.3 is 4.74 Å². The molecule has 2 aromatic rings. The van der Waals surface area contributed by atoms with Crippen LogP contribution in [0.25, 0.3) is 10.8 Å². The highest BCUT2D eigenvalue weighted by Crippen LogP contribution is 2.26. The molecule has 0 heterocycles. The maximum atomic E-state index is 12.1. The van der Waals surface area contributed by atoms with Crippen molar-refractivity contribution in [1.29, 1.82) is 0 Å². The Balaban J connectivity index is 2.39. The maximum Gasteiger partial charge on any atom is 0.142 e. The molecule has 0 N–H and O–H groups in total. The van der Waals surface area contributed by atoms with Crippen molar-refractivity contribution in [2.75, 3.05) is 7.11 Å². The molecule has 100 valence electrons. The Morgan fingerprint density at radius 1 is 1.00 bits per heavy atom. The molecule has 0 aromatic heterocycles. The molecule has 1 atom stereocenters. The molecule has 0 saturated heterocycles. The Hall–Kier alpha value is -1.83. The van der Waals surface area contributed by atoms with Crippen LogP contribution in [0.3, 0.4) is 0 Å². The van der Waals surface area contributed by atoms with Crippen molar-refractivity contribution in [2.24, 2.45) is 5.92 Å². The summed E-state index contributed by atoms with van der Waals surface area (Å²) in [5, 5.41) is 2.27. The molecule has 0 aliphatic carbocycles. The highest BCUT2D eigenvalue weighted by Gasteiger charge is 2.18. The van der Waals surface area contributed by atoms with Crippen molar-refractivity contribution in [3.05, 3.63) is 42.0 Å². The van der Waals surface area contributed by atoms with E-state index in [-0.39, 0.29) is 17.6 Å². The molecule has 0 spiro atoms. The van der Waals surface area contributed by atoms with E-state index in [0.29, 0.717) is 0 Å². The zero-order valence-electron chi connectivity index (χ0n) is 11.9. The van der Waals surface area contributed by atoms with Gasteiger partial charge in [-0.25, -0.2) is 0 Å². The lowest BCUT2D eigenvalue weighted by Gasteiger charge is -2.14. The summed E-state index contributed by atoms with van der Waals surface area (Å²) in [6.07, 6.45) is 0. The van der Waals surface area contributed by atoms with Crippen molar-refractivity contribution in [3.8, 4) is 5.75 Å². The fourth-order valence-corrected chi connectivity index (χ4v) is 2.30. The first-order chi connectivity index (χ1) is 9.02. The molecular weight excluding hydrogens is 236 g/mol. The minimum Gasteiger partial charge on any atom is -0.497 e. The summed E-state index contributed by atoms with van der Waals surface area (Å²) in [6.45, 7) is 5.88. The standard InChI is InChI=1S/C17H20O2/c1-11(2)17(18)12(3)13-5-6-15-10-16(19-4)8-7-14(15)9-13/h5-12H,1-4H3/t12-/m1/s1. The van der Waals surface area contributed by atoms with E-state index < -0.39 is 0 Å². The predicted octanol–water partition coefficient (Wildman–Crippen LogP) is 4.18. The van der Waals surface area contributed by atoms with E-state index in [1.807, 2.05) is 45.0 Å². The first-order valence-electron chi connectivity index (χ1n) is 6.64. The molecule has 0 radical (unpaired) electrons. The predicted molar refractivity (Wildman–Crippen MR) is 78.8 cm³/mol. The van der Waals surface area contributed by atoms with E-state index in [4.69, 9.17) is 4.74 Å². The number of carbonyl (C=O) groups excluding carboxylic acids is 1.